The quantitative estimate of drug-likeness (QED) is 0.747. The van der Waals surface area contributed by atoms with Crippen molar-refractivity contribution in [1.29, 1.82) is 0 Å². The van der Waals surface area contributed by atoms with Gasteiger partial charge in [0.25, 0.3) is 0 Å². The standard InChI is InChI=1S/C14H18BrN/c1-11-4-5-13(12(15)8-11)16-9-14(10-16)6-2-3-7-14/h4-5,8H,2-3,6-7,9-10H2,1H3. The van der Waals surface area contributed by atoms with E-state index in [-0.39, 0.29) is 0 Å². The number of aryl methyl sites for hydroxylation is 1. The molecule has 0 aromatic heterocycles. The second kappa shape index (κ2) is 3.76. The van der Waals surface area contributed by atoms with Crippen LogP contribution in [0, 0.1) is 12.3 Å². The molecule has 1 heterocycles. The SMILES string of the molecule is Cc1ccc(N2CC3(CCCC3)C2)c(Br)c1. The third kappa shape index (κ3) is 1.67. The van der Waals surface area contributed by atoms with E-state index in [1.807, 2.05) is 0 Å². The highest BCUT2D eigenvalue weighted by molar-refractivity contribution is 9.10. The molecule has 1 aromatic rings. The maximum atomic E-state index is 3.68. The summed E-state index contributed by atoms with van der Waals surface area (Å²) in [6, 6.07) is 6.68. The summed E-state index contributed by atoms with van der Waals surface area (Å²) in [5.41, 5.74) is 3.39. The van der Waals surface area contributed by atoms with Gasteiger partial charge in [0.2, 0.25) is 0 Å². The van der Waals surface area contributed by atoms with Crippen molar-refractivity contribution in [1.82, 2.24) is 0 Å². The normalized spacial score (nSPS) is 22.5. The predicted molar refractivity (Wildman–Crippen MR) is 72.0 cm³/mol. The molecule has 0 amide bonds. The van der Waals surface area contributed by atoms with Crippen LogP contribution in [0.4, 0.5) is 5.69 Å². The predicted octanol–water partition coefficient (Wildman–Crippen LogP) is 4.14. The van der Waals surface area contributed by atoms with Crippen LogP contribution < -0.4 is 4.90 Å². The Morgan fingerprint density at radius 3 is 2.50 bits per heavy atom. The minimum absolute atomic E-state index is 0.685. The summed E-state index contributed by atoms with van der Waals surface area (Å²) in [6.07, 6.45) is 5.80. The van der Waals surface area contributed by atoms with Crippen molar-refractivity contribution in [2.45, 2.75) is 32.6 Å². The summed E-state index contributed by atoms with van der Waals surface area (Å²) in [6.45, 7) is 4.69. The Balaban J connectivity index is 1.76. The van der Waals surface area contributed by atoms with Crippen LogP contribution in [0.2, 0.25) is 0 Å². The minimum atomic E-state index is 0.685. The van der Waals surface area contributed by atoms with Crippen LogP contribution in [0.3, 0.4) is 0 Å². The topological polar surface area (TPSA) is 3.24 Å². The molecule has 3 rings (SSSR count). The van der Waals surface area contributed by atoms with E-state index in [9.17, 15) is 0 Å². The zero-order valence-electron chi connectivity index (χ0n) is 9.80. The van der Waals surface area contributed by atoms with Gasteiger partial charge < -0.3 is 4.90 Å². The van der Waals surface area contributed by atoms with Gasteiger partial charge in [-0.1, -0.05) is 18.9 Å². The van der Waals surface area contributed by atoms with Gasteiger partial charge in [-0.25, -0.2) is 0 Å². The summed E-state index contributed by atoms with van der Waals surface area (Å²) >= 11 is 3.68. The van der Waals surface area contributed by atoms with Gasteiger partial charge in [0.05, 0.1) is 5.69 Å². The molecule has 0 bridgehead atoms. The van der Waals surface area contributed by atoms with Crippen molar-refractivity contribution >= 4 is 21.6 Å². The van der Waals surface area contributed by atoms with Crippen LogP contribution in [0.1, 0.15) is 31.2 Å². The van der Waals surface area contributed by atoms with Gasteiger partial charge in [-0.2, -0.15) is 0 Å². The van der Waals surface area contributed by atoms with E-state index < -0.39 is 0 Å². The van der Waals surface area contributed by atoms with Gasteiger partial charge >= 0.3 is 0 Å². The molecule has 2 aliphatic rings. The van der Waals surface area contributed by atoms with Crippen LogP contribution in [0.25, 0.3) is 0 Å². The van der Waals surface area contributed by atoms with Crippen LogP contribution in [-0.4, -0.2) is 13.1 Å². The molecular formula is C14H18BrN. The number of halogens is 1. The molecular weight excluding hydrogens is 262 g/mol. The van der Waals surface area contributed by atoms with Crippen molar-refractivity contribution in [2.75, 3.05) is 18.0 Å². The largest absolute Gasteiger partial charge is 0.369 e. The minimum Gasteiger partial charge on any atom is -0.369 e. The average molecular weight is 280 g/mol. The second-order valence-electron chi connectivity index (χ2n) is 5.52. The first-order valence-electron chi connectivity index (χ1n) is 6.20. The number of hydrogen-bond donors (Lipinski definition) is 0. The Morgan fingerprint density at radius 2 is 1.88 bits per heavy atom. The highest BCUT2D eigenvalue weighted by Crippen LogP contribution is 2.48. The second-order valence-corrected chi connectivity index (χ2v) is 6.37. The number of nitrogens with zero attached hydrogens (tertiary/aromatic N) is 1. The van der Waals surface area contributed by atoms with Gasteiger partial charge in [-0.15, -0.1) is 0 Å². The maximum Gasteiger partial charge on any atom is 0.0511 e. The van der Waals surface area contributed by atoms with Gasteiger partial charge in [-0.3, -0.25) is 0 Å². The zero-order chi connectivity index (χ0) is 11.2. The van der Waals surface area contributed by atoms with Crippen molar-refractivity contribution in [2.24, 2.45) is 5.41 Å². The summed E-state index contributed by atoms with van der Waals surface area (Å²) in [5, 5.41) is 0. The first-order chi connectivity index (χ1) is 7.69. The number of hydrogen-bond acceptors (Lipinski definition) is 1. The number of benzene rings is 1. The molecule has 1 spiro atoms. The van der Waals surface area contributed by atoms with Crippen LogP contribution >= 0.6 is 15.9 Å². The number of anilines is 1. The van der Waals surface area contributed by atoms with Crippen molar-refractivity contribution < 1.29 is 0 Å². The molecule has 0 N–H and O–H groups in total. The fraction of sp³-hybridized carbons (Fsp3) is 0.571. The summed E-state index contributed by atoms with van der Waals surface area (Å²) in [5.74, 6) is 0. The first kappa shape index (κ1) is 10.6. The molecule has 1 aliphatic carbocycles. The molecule has 2 heteroatoms. The molecule has 1 nitrogen and oxygen atoms in total. The van der Waals surface area contributed by atoms with Crippen LogP contribution in [-0.2, 0) is 0 Å². The zero-order valence-corrected chi connectivity index (χ0v) is 11.4. The first-order valence-corrected chi connectivity index (χ1v) is 6.99. The van der Waals surface area contributed by atoms with Crippen LogP contribution in [0.15, 0.2) is 22.7 Å². The lowest BCUT2D eigenvalue weighted by atomic mass is 9.78. The summed E-state index contributed by atoms with van der Waals surface area (Å²) in [7, 11) is 0. The van der Waals surface area contributed by atoms with Gasteiger partial charge in [0.15, 0.2) is 0 Å². The molecule has 0 atom stereocenters. The molecule has 86 valence electrons. The van der Waals surface area contributed by atoms with E-state index in [0.29, 0.717) is 5.41 Å². The van der Waals surface area contributed by atoms with E-state index in [2.05, 4.69) is 46.0 Å². The van der Waals surface area contributed by atoms with Gasteiger partial charge in [0, 0.05) is 23.0 Å². The van der Waals surface area contributed by atoms with Crippen LogP contribution in [0.5, 0.6) is 0 Å². The molecule has 0 unspecified atom stereocenters. The number of rotatable bonds is 1. The smallest absolute Gasteiger partial charge is 0.0511 e. The summed E-state index contributed by atoms with van der Waals surface area (Å²) in [4.78, 5) is 2.52. The maximum absolute atomic E-state index is 3.68. The molecule has 2 fully saturated rings. The van der Waals surface area contributed by atoms with E-state index in [0.717, 1.165) is 0 Å². The van der Waals surface area contributed by atoms with Gasteiger partial charge in [0.1, 0.15) is 0 Å². The molecule has 1 aliphatic heterocycles. The highest BCUT2D eigenvalue weighted by atomic mass is 79.9. The third-order valence-electron chi connectivity index (χ3n) is 4.16. The lowest BCUT2D eigenvalue weighted by Gasteiger charge is -2.50. The lowest BCUT2D eigenvalue weighted by Crippen LogP contribution is -2.55. The molecule has 0 radical (unpaired) electrons. The Labute approximate surface area is 106 Å². The Morgan fingerprint density at radius 1 is 1.19 bits per heavy atom. The van der Waals surface area contributed by atoms with E-state index in [1.165, 1.54) is 54.5 Å². The Kier molecular flexibility index (Phi) is 2.50. The van der Waals surface area contributed by atoms with Crippen molar-refractivity contribution in [3.8, 4) is 0 Å². The lowest BCUT2D eigenvalue weighted by molar-refractivity contribution is 0.222. The fourth-order valence-corrected chi connectivity index (χ4v) is 3.99. The third-order valence-corrected chi connectivity index (χ3v) is 4.80. The molecule has 1 aromatic carbocycles. The molecule has 16 heavy (non-hydrogen) atoms. The molecule has 1 saturated carbocycles. The monoisotopic (exact) mass is 279 g/mol. The van der Waals surface area contributed by atoms with Crippen molar-refractivity contribution in [3.63, 3.8) is 0 Å². The van der Waals surface area contributed by atoms with E-state index in [4.69, 9.17) is 0 Å². The van der Waals surface area contributed by atoms with E-state index >= 15 is 0 Å². The van der Waals surface area contributed by atoms with E-state index in [1.54, 1.807) is 0 Å². The van der Waals surface area contributed by atoms with Crippen molar-refractivity contribution in [3.05, 3.63) is 28.2 Å². The average Bonchev–Trinajstić information content (AvgIpc) is 2.65. The molecule has 1 saturated heterocycles. The summed E-state index contributed by atoms with van der Waals surface area (Å²) < 4.78 is 1.25. The van der Waals surface area contributed by atoms with Gasteiger partial charge in [-0.05, 0) is 53.4 Å². The Hall–Kier alpha value is -0.500. The fourth-order valence-electron chi connectivity index (χ4n) is 3.24. The Bertz CT molecular complexity index is 399. The highest BCUT2D eigenvalue weighted by Gasteiger charge is 2.44.